The molecule has 2 bridgehead atoms. The number of anilines is 1. The van der Waals surface area contributed by atoms with E-state index in [-0.39, 0.29) is 30.0 Å². The number of carbonyl (C=O) groups is 2. The van der Waals surface area contributed by atoms with Crippen LogP contribution in [-0.4, -0.2) is 62.1 Å². The van der Waals surface area contributed by atoms with E-state index < -0.39 is 21.8 Å². The van der Waals surface area contributed by atoms with E-state index in [1.54, 1.807) is 0 Å². The summed E-state index contributed by atoms with van der Waals surface area (Å²) in [4.78, 5) is 26.8. The summed E-state index contributed by atoms with van der Waals surface area (Å²) in [5, 5.41) is 9.53. The van der Waals surface area contributed by atoms with E-state index in [2.05, 4.69) is 23.6 Å². The molecule has 2 aliphatic rings. The Morgan fingerprint density at radius 3 is 1.78 bits per heavy atom. The van der Waals surface area contributed by atoms with Gasteiger partial charge in [-0.25, -0.2) is 13.1 Å². The molecule has 0 aliphatic carbocycles. The number of esters is 1. The van der Waals surface area contributed by atoms with Crippen LogP contribution in [0.25, 0.3) is 0 Å². The van der Waals surface area contributed by atoms with Crippen molar-refractivity contribution in [3.8, 4) is 0 Å². The topological polar surface area (TPSA) is 139 Å². The summed E-state index contributed by atoms with van der Waals surface area (Å²) in [6, 6.07) is 16.3. The molecule has 4 atom stereocenters. The number of hydrogen-bond donors (Lipinski definition) is 3. The number of piperidine rings is 1. The largest absolute Gasteiger partial charge is 0.462 e. The molecule has 0 radical (unpaired) electrons. The van der Waals surface area contributed by atoms with Crippen molar-refractivity contribution in [1.29, 1.82) is 0 Å². The predicted octanol–water partition coefficient (Wildman–Crippen LogP) is 8.27. The molecule has 10 heteroatoms. The highest BCUT2D eigenvalue weighted by Gasteiger charge is 2.40. The number of benzene rings is 2. The maximum Gasteiger partial charge on any atom is 0.316 e. The van der Waals surface area contributed by atoms with Gasteiger partial charge in [-0.3, -0.25) is 9.59 Å². The van der Waals surface area contributed by atoms with Gasteiger partial charge in [0.2, 0.25) is 5.91 Å². The third-order valence-corrected chi connectivity index (χ3v) is 11.8. The zero-order valence-corrected chi connectivity index (χ0v) is 32.1. The third kappa shape index (κ3) is 15.7. The van der Waals surface area contributed by atoms with Crippen LogP contribution < -0.4 is 10.5 Å². The fourth-order valence-electron chi connectivity index (χ4n) is 7.27. The molecule has 51 heavy (non-hydrogen) atoms. The standard InChI is InChI=1S/C24H42N2O3S.C17H23NO3/c1-2-3-4-5-6-7-8-9-10-11-12-13-14-15-16-17-24(27)26-30(28,29)23-20-18-22(25)19-21-23;1-18-13-7-8-14(18)10-15(9-13)21-17(20)16(11-19)12-5-3-2-4-6-12/h18-21H,2-17,25H2,1H3,(H,26,27);2-6,13-16,19H,7-11H2,1H3/t;13-,14+,15?,16?. The number of fused-ring (bicyclic) bond motifs is 2. The number of nitrogens with one attached hydrogen (secondary N) is 1. The van der Waals surface area contributed by atoms with Gasteiger partial charge < -0.3 is 20.5 Å². The fourth-order valence-corrected chi connectivity index (χ4v) is 8.28. The number of aliphatic hydroxyl groups is 1. The molecule has 2 fully saturated rings. The smallest absolute Gasteiger partial charge is 0.316 e. The van der Waals surface area contributed by atoms with Crippen LogP contribution in [0.5, 0.6) is 0 Å². The third-order valence-electron chi connectivity index (χ3n) is 10.5. The van der Waals surface area contributed by atoms with Crippen LogP contribution in [0.3, 0.4) is 0 Å². The van der Waals surface area contributed by atoms with Crippen molar-refractivity contribution in [2.24, 2.45) is 0 Å². The fraction of sp³-hybridized carbons (Fsp3) is 0.659. The Morgan fingerprint density at radius 1 is 0.804 bits per heavy atom. The van der Waals surface area contributed by atoms with Crippen LogP contribution in [0.4, 0.5) is 5.69 Å². The summed E-state index contributed by atoms with van der Waals surface area (Å²) >= 11 is 0. The number of unbranched alkanes of at least 4 members (excludes halogenated alkanes) is 14. The average Bonchev–Trinajstić information content (AvgIpc) is 3.30. The Labute approximate surface area is 308 Å². The Hall–Kier alpha value is -2.95. The van der Waals surface area contributed by atoms with Gasteiger partial charge in [0, 0.05) is 24.2 Å². The van der Waals surface area contributed by atoms with Crippen LogP contribution in [-0.2, 0) is 24.3 Å². The first-order valence-electron chi connectivity index (χ1n) is 19.6. The average molecular weight is 728 g/mol. The zero-order valence-electron chi connectivity index (χ0n) is 31.3. The Kier molecular flexibility index (Phi) is 19.6. The van der Waals surface area contributed by atoms with Crippen LogP contribution in [0.1, 0.15) is 147 Å². The molecule has 0 spiro atoms. The van der Waals surface area contributed by atoms with Crippen molar-refractivity contribution in [2.75, 3.05) is 19.4 Å². The number of nitrogens with two attached hydrogens (primary N) is 1. The molecule has 2 aromatic rings. The van der Waals surface area contributed by atoms with Crippen molar-refractivity contribution in [3.05, 3.63) is 60.2 Å². The van der Waals surface area contributed by atoms with Gasteiger partial charge in [0.15, 0.2) is 0 Å². The second-order valence-corrected chi connectivity index (χ2v) is 16.2. The lowest BCUT2D eigenvalue weighted by Crippen LogP contribution is -2.43. The highest BCUT2D eigenvalue weighted by molar-refractivity contribution is 7.90. The van der Waals surface area contributed by atoms with Crippen molar-refractivity contribution in [2.45, 2.75) is 164 Å². The molecule has 0 aromatic heterocycles. The summed E-state index contributed by atoms with van der Waals surface area (Å²) < 4.78 is 32.1. The first-order valence-corrected chi connectivity index (χ1v) is 21.1. The van der Waals surface area contributed by atoms with Gasteiger partial charge >= 0.3 is 5.97 Å². The number of sulfonamides is 1. The number of nitrogen functional groups attached to an aromatic ring is 1. The number of hydrogen-bond acceptors (Lipinski definition) is 8. The number of carbonyl (C=O) groups excluding carboxylic acids is 2. The lowest BCUT2D eigenvalue weighted by atomic mass is 9.98. The van der Waals surface area contributed by atoms with E-state index in [9.17, 15) is 23.1 Å². The maximum atomic E-state index is 12.4. The van der Waals surface area contributed by atoms with Gasteiger partial charge in [-0.15, -0.1) is 0 Å². The summed E-state index contributed by atoms with van der Waals surface area (Å²) in [6.07, 6.45) is 23.4. The van der Waals surface area contributed by atoms with Gasteiger partial charge in [-0.05, 0) is 69.0 Å². The minimum absolute atomic E-state index is 0.00367. The summed E-state index contributed by atoms with van der Waals surface area (Å²) in [6.45, 7) is 2.05. The number of nitrogens with zero attached hydrogens (tertiary/aromatic N) is 1. The second kappa shape index (κ2) is 23.6. The molecule has 2 aromatic carbocycles. The van der Waals surface area contributed by atoms with Crippen molar-refractivity contribution >= 4 is 27.6 Å². The molecule has 9 nitrogen and oxygen atoms in total. The van der Waals surface area contributed by atoms with E-state index in [4.69, 9.17) is 10.5 Å². The minimum atomic E-state index is -3.80. The van der Waals surface area contributed by atoms with Gasteiger partial charge in [-0.2, -0.15) is 0 Å². The van der Waals surface area contributed by atoms with E-state index in [0.717, 1.165) is 37.7 Å². The summed E-state index contributed by atoms with van der Waals surface area (Å²) in [7, 11) is -1.63. The molecule has 1 amide bonds. The maximum absolute atomic E-state index is 12.4. The molecule has 4 rings (SSSR count). The SMILES string of the molecule is CCCCCCCCCCCCCCCCCC(=O)NS(=O)(=O)c1ccc(N)cc1.CN1[C@@H]2CC[C@H]1CC(OC(=O)C(CO)c1ccccc1)C2. The number of aliphatic hydroxyl groups excluding tert-OH is 1. The van der Waals surface area contributed by atoms with Gasteiger partial charge in [0.1, 0.15) is 12.0 Å². The summed E-state index contributed by atoms with van der Waals surface area (Å²) in [5.74, 6) is -1.30. The van der Waals surface area contributed by atoms with E-state index in [1.807, 2.05) is 30.3 Å². The number of rotatable bonds is 22. The molecule has 0 saturated carbocycles. The molecular formula is C41H65N3O6S. The number of ether oxygens (including phenoxy) is 1. The van der Waals surface area contributed by atoms with E-state index in [0.29, 0.717) is 17.8 Å². The Bertz CT molecular complexity index is 1360. The lowest BCUT2D eigenvalue weighted by molar-refractivity contribution is -0.155. The monoisotopic (exact) mass is 727 g/mol. The normalized spacial score (nSPS) is 19.2. The van der Waals surface area contributed by atoms with Gasteiger partial charge in [-0.1, -0.05) is 127 Å². The number of amides is 1. The second-order valence-electron chi connectivity index (χ2n) is 14.5. The Morgan fingerprint density at radius 2 is 1.29 bits per heavy atom. The lowest BCUT2D eigenvalue weighted by Gasteiger charge is -2.36. The van der Waals surface area contributed by atoms with Crippen molar-refractivity contribution < 1.29 is 27.9 Å². The zero-order chi connectivity index (χ0) is 36.9. The van der Waals surface area contributed by atoms with Crippen LogP contribution in [0.2, 0.25) is 0 Å². The van der Waals surface area contributed by atoms with Crippen molar-refractivity contribution in [1.82, 2.24) is 9.62 Å². The first-order chi connectivity index (χ1) is 24.6. The summed E-state index contributed by atoms with van der Waals surface area (Å²) in [5.41, 5.74) is 6.86. The highest BCUT2D eigenvalue weighted by Crippen LogP contribution is 2.36. The highest BCUT2D eigenvalue weighted by atomic mass is 32.2. The quantitative estimate of drug-likeness (QED) is 0.0626. The molecule has 2 unspecified atom stereocenters. The van der Waals surface area contributed by atoms with E-state index >= 15 is 0 Å². The van der Waals surface area contributed by atoms with Crippen LogP contribution >= 0.6 is 0 Å². The van der Waals surface area contributed by atoms with Crippen LogP contribution in [0, 0.1) is 0 Å². The van der Waals surface area contributed by atoms with E-state index in [1.165, 1.54) is 114 Å². The van der Waals surface area contributed by atoms with Crippen LogP contribution in [0.15, 0.2) is 59.5 Å². The first kappa shape index (κ1) is 42.5. The van der Waals surface area contributed by atoms with Gasteiger partial charge in [0.05, 0.1) is 11.5 Å². The molecule has 2 aliphatic heterocycles. The molecule has 2 saturated heterocycles. The minimum Gasteiger partial charge on any atom is -0.462 e. The molecule has 2 heterocycles. The molecular weight excluding hydrogens is 663 g/mol. The van der Waals surface area contributed by atoms with Gasteiger partial charge in [0.25, 0.3) is 10.0 Å². The predicted molar refractivity (Wildman–Crippen MR) is 206 cm³/mol. The molecule has 286 valence electrons. The Balaban J connectivity index is 0.000000291. The van der Waals surface area contributed by atoms with Crippen molar-refractivity contribution in [3.63, 3.8) is 0 Å². The molecule has 4 N–H and O–H groups in total.